The van der Waals surface area contributed by atoms with Gasteiger partial charge in [0.2, 0.25) is 0 Å². The van der Waals surface area contributed by atoms with Crippen molar-refractivity contribution in [2.24, 2.45) is 17.3 Å². The summed E-state index contributed by atoms with van der Waals surface area (Å²) in [4.78, 5) is 16.9. The number of halogens is 3. The minimum absolute atomic E-state index is 0.0521. The lowest BCUT2D eigenvalue weighted by Gasteiger charge is -2.47. The third-order valence-electron chi connectivity index (χ3n) is 8.18. The average Bonchev–Trinajstić information content (AvgIpc) is 2.87. The number of hydrogen-bond donors (Lipinski definition) is 0. The molecule has 1 aliphatic rings. The van der Waals surface area contributed by atoms with Crippen LogP contribution in [0.1, 0.15) is 70.9 Å². The number of hydrogen-bond acceptors (Lipinski definition) is 6. The van der Waals surface area contributed by atoms with Gasteiger partial charge in [-0.15, -0.1) is 0 Å². The Morgan fingerprint density at radius 2 is 1.76 bits per heavy atom. The van der Waals surface area contributed by atoms with Crippen LogP contribution < -0.4 is 0 Å². The molecule has 9 heteroatoms. The number of rotatable bonds is 18. The van der Waals surface area contributed by atoms with Crippen LogP contribution in [0.2, 0.25) is 0 Å². The minimum atomic E-state index is -2.42. The second-order valence-corrected chi connectivity index (χ2v) is 12.9. The standard InChI is InChI=1S/C32H53F3N2O4/c1-23(2)29-27-11-10-26(33)18-25(27)12-13-32(29,41-30(38)24(3)4)14-17-36(6)15-9-16-37(19-28(34)35)20-31(5,21-39-7)22-40-8/h10-11,18,23-24,28-29H,9,12-17,19-22H2,1-8H3. The summed E-state index contributed by atoms with van der Waals surface area (Å²) in [6, 6.07) is 4.96. The molecule has 2 rings (SSSR count). The van der Waals surface area contributed by atoms with Crippen molar-refractivity contribution in [2.45, 2.75) is 78.2 Å². The van der Waals surface area contributed by atoms with Crippen LogP contribution in [0.15, 0.2) is 18.2 Å². The van der Waals surface area contributed by atoms with Crippen LogP contribution in [-0.2, 0) is 25.4 Å². The van der Waals surface area contributed by atoms with Crippen molar-refractivity contribution >= 4 is 5.97 Å². The van der Waals surface area contributed by atoms with Crippen molar-refractivity contribution in [1.82, 2.24) is 9.80 Å². The maximum absolute atomic E-state index is 14.0. The zero-order chi connectivity index (χ0) is 30.8. The summed E-state index contributed by atoms with van der Waals surface area (Å²) in [5.74, 6) is -0.593. The predicted molar refractivity (Wildman–Crippen MR) is 157 cm³/mol. The lowest BCUT2D eigenvalue weighted by molar-refractivity contribution is -0.171. The van der Waals surface area contributed by atoms with Crippen molar-refractivity contribution in [3.8, 4) is 0 Å². The van der Waals surface area contributed by atoms with Gasteiger partial charge >= 0.3 is 5.97 Å². The topological polar surface area (TPSA) is 51.2 Å². The van der Waals surface area contributed by atoms with Gasteiger partial charge in [0.15, 0.2) is 0 Å². The van der Waals surface area contributed by atoms with Crippen molar-refractivity contribution in [3.05, 3.63) is 35.1 Å². The van der Waals surface area contributed by atoms with Crippen LogP contribution >= 0.6 is 0 Å². The molecular formula is C32H53F3N2O4. The first-order valence-electron chi connectivity index (χ1n) is 14.9. The molecule has 0 saturated carbocycles. The molecule has 6 nitrogen and oxygen atoms in total. The molecule has 1 aromatic carbocycles. The molecule has 0 radical (unpaired) electrons. The molecule has 0 aromatic heterocycles. The van der Waals surface area contributed by atoms with Crippen molar-refractivity contribution in [2.75, 3.05) is 67.2 Å². The molecule has 0 aliphatic heterocycles. The van der Waals surface area contributed by atoms with E-state index in [0.717, 1.165) is 11.1 Å². The lowest BCUT2D eigenvalue weighted by Crippen LogP contribution is -2.49. The van der Waals surface area contributed by atoms with Gasteiger partial charge < -0.3 is 19.1 Å². The van der Waals surface area contributed by atoms with E-state index in [4.69, 9.17) is 14.2 Å². The minimum Gasteiger partial charge on any atom is -0.458 e. The molecule has 0 bridgehead atoms. The first-order valence-corrected chi connectivity index (χ1v) is 14.9. The van der Waals surface area contributed by atoms with E-state index in [2.05, 4.69) is 18.7 Å². The Hall–Kier alpha value is -1.68. The molecular weight excluding hydrogens is 533 g/mol. The zero-order valence-electron chi connectivity index (χ0n) is 26.5. The first kappa shape index (κ1) is 35.5. The van der Waals surface area contributed by atoms with Gasteiger partial charge in [0.05, 0.1) is 25.7 Å². The van der Waals surface area contributed by atoms with Crippen LogP contribution in [0.4, 0.5) is 13.2 Å². The van der Waals surface area contributed by atoms with Crippen molar-refractivity contribution in [1.29, 1.82) is 0 Å². The third-order valence-corrected chi connectivity index (χ3v) is 8.18. The molecule has 1 aliphatic carbocycles. The number of carbonyl (C=O) groups excluding carboxylic acids is 1. The summed E-state index contributed by atoms with van der Waals surface area (Å²) in [6.45, 7) is 12.9. The Morgan fingerprint density at radius 3 is 2.32 bits per heavy atom. The Morgan fingerprint density at radius 1 is 1.10 bits per heavy atom. The van der Waals surface area contributed by atoms with Gasteiger partial charge in [-0.1, -0.05) is 40.7 Å². The number of alkyl halides is 2. The summed E-state index contributed by atoms with van der Waals surface area (Å²) in [5, 5.41) is 0. The van der Waals surface area contributed by atoms with Crippen LogP contribution in [-0.4, -0.2) is 95.0 Å². The number of ether oxygens (including phenoxy) is 3. The van der Waals surface area contributed by atoms with Gasteiger partial charge in [0.25, 0.3) is 6.43 Å². The molecule has 236 valence electrons. The van der Waals surface area contributed by atoms with E-state index in [-0.39, 0.29) is 41.5 Å². The largest absolute Gasteiger partial charge is 0.458 e. The van der Waals surface area contributed by atoms with E-state index in [0.29, 0.717) is 65.1 Å². The number of fused-ring (bicyclic) bond motifs is 1. The molecule has 1 aromatic rings. The van der Waals surface area contributed by atoms with E-state index < -0.39 is 12.0 Å². The maximum Gasteiger partial charge on any atom is 0.308 e. The number of benzene rings is 1. The smallest absolute Gasteiger partial charge is 0.308 e. The first-order chi connectivity index (χ1) is 19.3. The quantitative estimate of drug-likeness (QED) is 0.196. The fraction of sp³-hybridized carbons (Fsp3) is 0.781. The summed E-state index contributed by atoms with van der Waals surface area (Å²) >= 11 is 0. The molecule has 0 N–H and O–H groups in total. The summed E-state index contributed by atoms with van der Waals surface area (Å²) in [6.07, 6.45) is 0.220. The van der Waals surface area contributed by atoms with E-state index in [1.165, 1.54) is 6.07 Å². The SMILES string of the molecule is COCC(C)(COC)CN(CCCN(C)CCC1(OC(=O)C(C)C)CCc2cc(F)ccc2C1C(C)C)CC(F)F. The molecule has 0 spiro atoms. The molecule has 0 saturated heterocycles. The van der Waals surface area contributed by atoms with Gasteiger partial charge in [-0.3, -0.25) is 9.69 Å². The Bertz CT molecular complexity index is 940. The number of aryl methyl sites for hydroxylation is 1. The van der Waals surface area contributed by atoms with Gasteiger partial charge in [-0.25, -0.2) is 13.2 Å². The molecule has 0 heterocycles. The molecule has 0 amide bonds. The van der Waals surface area contributed by atoms with Gasteiger partial charge in [0.1, 0.15) is 11.4 Å². The second-order valence-electron chi connectivity index (χ2n) is 12.9. The van der Waals surface area contributed by atoms with Crippen LogP contribution in [0, 0.1) is 23.1 Å². The Labute approximate surface area is 245 Å². The maximum atomic E-state index is 14.0. The van der Waals surface area contributed by atoms with Crippen LogP contribution in [0.25, 0.3) is 0 Å². The number of esters is 1. The monoisotopic (exact) mass is 586 g/mol. The second kappa shape index (κ2) is 16.2. The number of nitrogens with zero attached hydrogens (tertiary/aromatic N) is 2. The third kappa shape index (κ3) is 10.5. The van der Waals surface area contributed by atoms with Crippen LogP contribution in [0.3, 0.4) is 0 Å². The van der Waals surface area contributed by atoms with Crippen molar-refractivity contribution in [3.63, 3.8) is 0 Å². The highest BCUT2D eigenvalue weighted by Gasteiger charge is 2.48. The van der Waals surface area contributed by atoms with Gasteiger partial charge in [-0.2, -0.15) is 0 Å². The lowest BCUT2D eigenvalue weighted by atomic mass is 9.65. The van der Waals surface area contributed by atoms with E-state index in [9.17, 15) is 18.0 Å². The highest BCUT2D eigenvalue weighted by Crippen LogP contribution is 2.48. The molecule has 0 fully saturated rings. The zero-order valence-corrected chi connectivity index (χ0v) is 26.5. The normalized spacial score (nSPS) is 19.6. The Kier molecular flexibility index (Phi) is 14.1. The fourth-order valence-corrected chi connectivity index (χ4v) is 6.47. The van der Waals surface area contributed by atoms with Gasteiger partial charge in [-0.05, 0) is 68.6 Å². The fourth-order valence-electron chi connectivity index (χ4n) is 6.47. The summed E-state index contributed by atoms with van der Waals surface area (Å²) in [7, 11) is 5.24. The van der Waals surface area contributed by atoms with E-state index in [1.54, 1.807) is 25.2 Å². The van der Waals surface area contributed by atoms with E-state index >= 15 is 0 Å². The number of carbonyl (C=O) groups is 1. The highest BCUT2D eigenvalue weighted by atomic mass is 19.3. The molecule has 2 atom stereocenters. The van der Waals surface area contributed by atoms with E-state index in [1.807, 2.05) is 33.9 Å². The molecule has 2 unspecified atom stereocenters. The van der Waals surface area contributed by atoms with Crippen LogP contribution in [0.5, 0.6) is 0 Å². The molecule has 41 heavy (non-hydrogen) atoms. The Balaban J connectivity index is 2.13. The highest BCUT2D eigenvalue weighted by molar-refractivity contribution is 5.72. The van der Waals surface area contributed by atoms with Crippen molar-refractivity contribution < 1.29 is 32.2 Å². The summed E-state index contributed by atoms with van der Waals surface area (Å²) < 4.78 is 57.9. The number of methoxy groups -OCH3 is 2. The average molecular weight is 587 g/mol. The predicted octanol–water partition coefficient (Wildman–Crippen LogP) is 6.03. The van der Waals surface area contributed by atoms with Gasteiger partial charge in [0, 0.05) is 45.1 Å². The summed E-state index contributed by atoms with van der Waals surface area (Å²) in [5.41, 5.74) is 0.965.